The van der Waals surface area contributed by atoms with Crippen LogP contribution in [0.3, 0.4) is 0 Å². The second-order valence-corrected chi connectivity index (χ2v) is 12.1. The molecule has 1 fully saturated rings. The number of fused-ring (bicyclic) bond motifs is 1. The highest BCUT2D eigenvalue weighted by atomic mass is 32.2. The Morgan fingerprint density at radius 1 is 0.903 bits per heavy atom. The number of aromatic nitrogens is 1. The van der Waals surface area contributed by atoms with E-state index in [1.807, 2.05) is 0 Å². The number of nitrogens with zero attached hydrogens (tertiary/aromatic N) is 2. The highest BCUT2D eigenvalue weighted by Gasteiger charge is 2.27. The van der Waals surface area contributed by atoms with Gasteiger partial charge in [-0.25, -0.2) is 29.5 Å². The summed E-state index contributed by atoms with van der Waals surface area (Å²) < 4.78 is 68.4. The van der Waals surface area contributed by atoms with Crippen molar-refractivity contribution in [3.63, 3.8) is 0 Å². The Labute approximate surface area is 182 Å². The molecule has 0 aliphatic heterocycles. The van der Waals surface area contributed by atoms with Crippen molar-refractivity contribution in [3.8, 4) is 0 Å². The zero-order valence-corrected chi connectivity index (χ0v) is 19.1. The highest BCUT2D eigenvalue weighted by molar-refractivity contribution is 7.90. The quantitative estimate of drug-likeness (QED) is 0.564. The SMILES string of the molecule is CN(C)S(=O)(=O)c1ccc(S(=O)(=O)n2cc(C3CCCCC3)c3c(F)cccc32)cc1. The number of hydrogen-bond acceptors (Lipinski definition) is 4. The fourth-order valence-electron chi connectivity index (χ4n) is 4.27. The maximum Gasteiger partial charge on any atom is 0.268 e. The van der Waals surface area contributed by atoms with Crippen LogP contribution in [0.4, 0.5) is 4.39 Å². The van der Waals surface area contributed by atoms with E-state index in [-0.39, 0.29) is 15.7 Å². The summed E-state index contributed by atoms with van der Waals surface area (Å²) >= 11 is 0. The minimum atomic E-state index is -4.04. The fraction of sp³-hybridized carbons (Fsp3) is 0.364. The van der Waals surface area contributed by atoms with Crippen LogP contribution in [0.25, 0.3) is 10.9 Å². The maximum absolute atomic E-state index is 14.8. The van der Waals surface area contributed by atoms with Crippen molar-refractivity contribution in [2.45, 2.75) is 47.8 Å². The van der Waals surface area contributed by atoms with E-state index in [0.29, 0.717) is 10.9 Å². The molecule has 0 saturated heterocycles. The third kappa shape index (κ3) is 3.79. The molecule has 0 spiro atoms. The minimum Gasteiger partial charge on any atom is -0.241 e. The van der Waals surface area contributed by atoms with Gasteiger partial charge < -0.3 is 0 Å². The van der Waals surface area contributed by atoms with Gasteiger partial charge in [0, 0.05) is 25.7 Å². The molecule has 0 unspecified atom stereocenters. The van der Waals surface area contributed by atoms with Gasteiger partial charge in [-0.2, -0.15) is 0 Å². The Morgan fingerprint density at radius 3 is 2.13 bits per heavy atom. The molecule has 1 heterocycles. The van der Waals surface area contributed by atoms with E-state index in [0.717, 1.165) is 45.9 Å². The molecule has 2 aromatic carbocycles. The molecule has 1 aliphatic carbocycles. The van der Waals surface area contributed by atoms with Crippen molar-refractivity contribution < 1.29 is 21.2 Å². The monoisotopic (exact) mass is 464 g/mol. The molecule has 0 bridgehead atoms. The number of benzene rings is 2. The van der Waals surface area contributed by atoms with Gasteiger partial charge in [0.25, 0.3) is 10.0 Å². The number of rotatable bonds is 5. The van der Waals surface area contributed by atoms with Crippen LogP contribution in [0, 0.1) is 5.82 Å². The van der Waals surface area contributed by atoms with Crippen LogP contribution < -0.4 is 0 Å². The van der Waals surface area contributed by atoms with Crippen LogP contribution >= 0.6 is 0 Å². The van der Waals surface area contributed by atoms with E-state index in [9.17, 15) is 21.2 Å². The Bertz CT molecular complexity index is 1320. The Balaban J connectivity index is 1.84. The smallest absolute Gasteiger partial charge is 0.241 e. The first kappa shape index (κ1) is 22.0. The topological polar surface area (TPSA) is 76.5 Å². The van der Waals surface area contributed by atoms with Crippen molar-refractivity contribution in [1.82, 2.24) is 8.28 Å². The zero-order valence-electron chi connectivity index (χ0n) is 17.5. The van der Waals surface area contributed by atoms with Gasteiger partial charge in [-0.3, -0.25) is 0 Å². The summed E-state index contributed by atoms with van der Waals surface area (Å²) in [4.78, 5) is -0.0516. The van der Waals surface area contributed by atoms with Crippen molar-refractivity contribution in [1.29, 1.82) is 0 Å². The summed E-state index contributed by atoms with van der Waals surface area (Å²) in [6.07, 6.45) is 6.58. The average molecular weight is 465 g/mol. The molecule has 1 aliphatic rings. The third-order valence-electron chi connectivity index (χ3n) is 5.98. The van der Waals surface area contributed by atoms with Gasteiger partial charge >= 0.3 is 0 Å². The second-order valence-electron chi connectivity index (χ2n) is 8.11. The van der Waals surface area contributed by atoms with Crippen LogP contribution in [0.2, 0.25) is 0 Å². The van der Waals surface area contributed by atoms with Crippen LogP contribution in [-0.4, -0.2) is 39.2 Å². The molecule has 0 amide bonds. The summed E-state index contributed by atoms with van der Waals surface area (Å²) in [6.45, 7) is 0. The van der Waals surface area contributed by atoms with Gasteiger partial charge in [-0.05, 0) is 60.7 Å². The summed E-state index contributed by atoms with van der Waals surface area (Å²) in [5.41, 5.74) is 1.02. The van der Waals surface area contributed by atoms with Gasteiger partial charge in [0.15, 0.2) is 0 Å². The van der Waals surface area contributed by atoms with Crippen molar-refractivity contribution in [3.05, 3.63) is 60.0 Å². The van der Waals surface area contributed by atoms with E-state index in [4.69, 9.17) is 0 Å². The Hall–Kier alpha value is -2.23. The van der Waals surface area contributed by atoms with Gasteiger partial charge in [0.05, 0.1) is 15.3 Å². The first-order chi connectivity index (χ1) is 14.6. The predicted molar refractivity (Wildman–Crippen MR) is 118 cm³/mol. The van der Waals surface area contributed by atoms with Crippen molar-refractivity contribution in [2.24, 2.45) is 0 Å². The van der Waals surface area contributed by atoms with Crippen molar-refractivity contribution in [2.75, 3.05) is 14.1 Å². The Kier molecular flexibility index (Phi) is 5.70. The Morgan fingerprint density at radius 2 is 1.52 bits per heavy atom. The zero-order chi connectivity index (χ0) is 22.4. The number of halogens is 1. The lowest BCUT2D eigenvalue weighted by Crippen LogP contribution is -2.22. The molecule has 6 nitrogen and oxygen atoms in total. The minimum absolute atomic E-state index is 0.00255. The van der Waals surface area contributed by atoms with Crippen LogP contribution in [0.5, 0.6) is 0 Å². The van der Waals surface area contributed by atoms with Gasteiger partial charge in [-0.15, -0.1) is 0 Å². The summed E-state index contributed by atoms with van der Waals surface area (Å²) in [5.74, 6) is -0.309. The van der Waals surface area contributed by atoms with Crippen LogP contribution in [0.15, 0.2) is 58.5 Å². The molecule has 166 valence electrons. The van der Waals surface area contributed by atoms with Gasteiger partial charge in [-0.1, -0.05) is 25.3 Å². The molecular formula is C22H25FN2O4S2. The molecule has 1 saturated carbocycles. The molecule has 4 rings (SSSR count). The second kappa shape index (κ2) is 8.03. The number of hydrogen-bond donors (Lipinski definition) is 0. The molecule has 0 N–H and O–H groups in total. The van der Waals surface area contributed by atoms with Gasteiger partial charge in [0.2, 0.25) is 10.0 Å². The molecule has 1 aromatic heterocycles. The van der Waals surface area contributed by atoms with Gasteiger partial charge in [0.1, 0.15) is 5.82 Å². The highest BCUT2D eigenvalue weighted by Crippen LogP contribution is 2.39. The van der Waals surface area contributed by atoms with Crippen LogP contribution in [0.1, 0.15) is 43.6 Å². The lowest BCUT2D eigenvalue weighted by atomic mass is 9.84. The number of sulfonamides is 1. The van der Waals surface area contributed by atoms with Crippen molar-refractivity contribution >= 4 is 30.9 Å². The standard InChI is InChI=1S/C22H25FN2O4S2/c1-24(2)30(26,27)17-11-13-18(14-12-17)31(28,29)25-15-19(16-7-4-3-5-8-16)22-20(23)9-6-10-21(22)25/h6,9-16H,3-5,7-8H2,1-2H3. The first-order valence-electron chi connectivity index (χ1n) is 10.2. The average Bonchev–Trinajstić information content (AvgIpc) is 3.16. The molecule has 3 aromatic rings. The van der Waals surface area contributed by atoms with E-state index in [1.165, 1.54) is 50.5 Å². The predicted octanol–water partition coefficient (Wildman–Crippen LogP) is 4.32. The molecule has 0 radical (unpaired) electrons. The maximum atomic E-state index is 14.8. The normalized spacial score (nSPS) is 16.3. The molecular weight excluding hydrogens is 439 g/mol. The van der Waals surface area contributed by atoms with E-state index < -0.39 is 25.9 Å². The third-order valence-corrected chi connectivity index (χ3v) is 9.50. The lowest BCUT2D eigenvalue weighted by molar-refractivity contribution is 0.444. The molecule has 0 atom stereocenters. The fourth-order valence-corrected chi connectivity index (χ4v) is 6.54. The molecule has 9 heteroatoms. The van der Waals surface area contributed by atoms with E-state index >= 15 is 0 Å². The van der Waals surface area contributed by atoms with E-state index in [1.54, 1.807) is 12.3 Å². The lowest BCUT2D eigenvalue weighted by Gasteiger charge is -2.21. The summed E-state index contributed by atoms with van der Waals surface area (Å²) in [5, 5.41) is 0.352. The largest absolute Gasteiger partial charge is 0.268 e. The van der Waals surface area contributed by atoms with E-state index in [2.05, 4.69) is 0 Å². The first-order valence-corrected chi connectivity index (χ1v) is 13.1. The van der Waals surface area contributed by atoms with Crippen LogP contribution in [-0.2, 0) is 20.0 Å². The summed E-state index contributed by atoms with van der Waals surface area (Å²) in [7, 11) is -4.89. The summed E-state index contributed by atoms with van der Waals surface area (Å²) in [6, 6.07) is 9.56. The molecule has 31 heavy (non-hydrogen) atoms.